The van der Waals surface area contributed by atoms with Gasteiger partial charge in [0.15, 0.2) is 0 Å². The number of carboxylic acid groups (broad SMARTS) is 1. The Hall–Kier alpha value is -3.39. The summed E-state index contributed by atoms with van der Waals surface area (Å²) in [7, 11) is 0. The molecule has 0 saturated heterocycles. The van der Waals surface area contributed by atoms with Crippen LogP contribution in [0.2, 0.25) is 0 Å². The molecule has 0 N–H and O–H groups in total. The maximum atomic E-state index is 10.9. The summed E-state index contributed by atoms with van der Waals surface area (Å²) in [5.41, 5.74) is 3.94. The van der Waals surface area contributed by atoms with Gasteiger partial charge in [-0.25, -0.2) is 4.98 Å². The fraction of sp³-hybridized carbons (Fsp3) is 0.179. The van der Waals surface area contributed by atoms with E-state index in [2.05, 4.69) is 10.1 Å². The summed E-state index contributed by atoms with van der Waals surface area (Å²) in [5, 5.41) is 15.0. The van der Waals surface area contributed by atoms with Crippen molar-refractivity contribution in [1.82, 2.24) is 4.98 Å². The Labute approximate surface area is 232 Å². The molecule has 4 aromatic rings. The molecule has 0 saturated carbocycles. The normalized spacial score (nSPS) is 11.0. The molecule has 36 heavy (non-hydrogen) atoms. The fourth-order valence-corrected chi connectivity index (χ4v) is 3.38. The van der Waals surface area contributed by atoms with E-state index in [1.54, 1.807) is 0 Å². The number of hydrogen-bond acceptors (Lipinski definition) is 7. The number of carbonyl (C=O) groups excluding carboxylic acids is 1. The molecule has 0 fully saturated rings. The van der Waals surface area contributed by atoms with Crippen molar-refractivity contribution in [2.24, 2.45) is 5.16 Å². The van der Waals surface area contributed by atoms with Gasteiger partial charge in [0.1, 0.15) is 30.4 Å². The Morgan fingerprint density at radius 2 is 1.58 bits per heavy atom. The predicted octanol–water partition coefficient (Wildman–Crippen LogP) is 1.68. The van der Waals surface area contributed by atoms with Crippen LogP contribution in [0.4, 0.5) is 0 Å². The van der Waals surface area contributed by atoms with Crippen LogP contribution in [0, 0.1) is 6.92 Å². The first-order valence-electron chi connectivity index (χ1n) is 11.3. The van der Waals surface area contributed by atoms with E-state index in [0.717, 1.165) is 28.1 Å². The Balaban J connectivity index is 0.00000361. The second kappa shape index (κ2) is 13.6. The van der Waals surface area contributed by atoms with Gasteiger partial charge in [0.05, 0.1) is 5.71 Å². The number of hydrogen-bond donors (Lipinski definition) is 0. The number of aryl methyl sites for hydroxylation is 1. The zero-order valence-corrected chi connectivity index (χ0v) is 22.3. The Morgan fingerprint density at radius 3 is 2.25 bits per heavy atom. The summed E-state index contributed by atoms with van der Waals surface area (Å²) >= 11 is 0. The number of rotatable bonds is 11. The molecule has 0 unspecified atom stereocenters. The molecular weight excluding hydrogens is 467 g/mol. The number of benzene rings is 3. The zero-order valence-electron chi connectivity index (χ0n) is 20.3. The molecule has 8 heteroatoms. The number of carbonyl (C=O) groups is 1. The minimum absolute atomic E-state index is 0. The van der Waals surface area contributed by atoms with E-state index in [-0.39, 0.29) is 49.0 Å². The molecule has 0 amide bonds. The first kappa shape index (κ1) is 27.2. The van der Waals surface area contributed by atoms with Gasteiger partial charge in [-0.2, -0.15) is 0 Å². The smallest absolute Gasteiger partial charge is 0.550 e. The van der Waals surface area contributed by atoms with Crippen LogP contribution in [-0.4, -0.2) is 16.7 Å². The van der Waals surface area contributed by atoms with Crippen molar-refractivity contribution in [1.29, 1.82) is 0 Å². The summed E-state index contributed by atoms with van der Waals surface area (Å²) in [6, 6.07) is 26.6. The first-order chi connectivity index (χ1) is 17.1. The Morgan fingerprint density at radius 1 is 0.917 bits per heavy atom. The summed E-state index contributed by atoms with van der Waals surface area (Å²) < 4.78 is 11.7. The van der Waals surface area contributed by atoms with Gasteiger partial charge < -0.3 is 23.9 Å². The monoisotopic (exact) mass is 492 g/mol. The molecule has 7 nitrogen and oxygen atoms in total. The summed E-state index contributed by atoms with van der Waals surface area (Å²) in [6.07, 6.45) is 0.105. The summed E-state index contributed by atoms with van der Waals surface area (Å²) in [5.74, 6) is 0.866. The number of nitrogens with zero attached hydrogens (tertiary/aromatic N) is 2. The molecule has 0 aliphatic rings. The maximum Gasteiger partial charge on any atom is 1.00 e. The van der Waals surface area contributed by atoms with Crippen molar-refractivity contribution in [3.63, 3.8) is 0 Å². The molecule has 0 aliphatic carbocycles. The number of aliphatic carboxylic acids is 1. The summed E-state index contributed by atoms with van der Waals surface area (Å²) in [6.45, 7) is 2.40. The molecule has 178 valence electrons. The molecular formula is C28H25N2NaO5. The Kier molecular flexibility index (Phi) is 10.3. The molecule has 0 radical (unpaired) electrons. The van der Waals surface area contributed by atoms with Crippen LogP contribution in [0.3, 0.4) is 0 Å². The summed E-state index contributed by atoms with van der Waals surface area (Å²) in [4.78, 5) is 20.9. The van der Waals surface area contributed by atoms with Crippen LogP contribution in [0.1, 0.15) is 35.4 Å². The molecule has 3 aromatic carbocycles. The number of ether oxygens (including phenoxy) is 1. The van der Waals surface area contributed by atoms with Gasteiger partial charge in [-0.05, 0) is 55.2 Å². The van der Waals surface area contributed by atoms with Crippen LogP contribution in [-0.2, 0) is 22.8 Å². The zero-order chi connectivity index (χ0) is 24.5. The van der Waals surface area contributed by atoms with E-state index in [4.69, 9.17) is 14.0 Å². The van der Waals surface area contributed by atoms with Crippen molar-refractivity contribution in [3.8, 4) is 17.2 Å². The van der Waals surface area contributed by atoms with E-state index >= 15 is 0 Å². The van der Waals surface area contributed by atoms with Crippen LogP contribution in [0.15, 0.2) is 94.5 Å². The number of oxazole rings is 1. The van der Waals surface area contributed by atoms with Gasteiger partial charge in [-0.1, -0.05) is 65.8 Å². The Bertz CT molecular complexity index is 1270. The quantitative estimate of drug-likeness (QED) is 0.180. The van der Waals surface area contributed by atoms with E-state index in [0.29, 0.717) is 24.0 Å². The average Bonchev–Trinajstić information content (AvgIpc) is 3.27. The fourth-order valence-electron chi connectivity index (χ4n) is 3.38. The average molecular weight is 493 g/mol. The van der Waals surface area contributed by atoms with Gasteiger partial charge in [-0.15, -0.1) is 0 Å². The molecule has 0 aliphatic heterocycles. The van der Waals surface area contributed by atoms with Gasteiger partial charge in [0.2, 0.25) is 5.89 Å². The molecule has 1 heterocycles. The second-order valence-electron chi connectivity index (χ2n) is 7.87. The molecule has 0 atom stereocenters. The number of carboxylic acids is 1. The minimum Gasteiger partial charge on any atom is -0.550 e. The minimum atomic E-state index is -1.12. The van der Waals surface area contributed by atoms with Crippen LogP contribution < -0.4 is 39.4 Å². The predicted molar refractivity (Wildman–Crippen MR) is 129 cm³/mol. The maximum absolute atomic E-state index is 10.9. The van der Waals surface area contributed by atoms with Crippen LogP contribution >= 0.6 is 0 Å². The van der Waals surface area contributed by atoms with Crippen LogP contribution in [0.5, 0.6) is 5.75 Å². The van der Waals surface area contributed by atoms with E-state index in [1.165, 1.54) is 0 Å². The standard InChI is InChI=1S/C28H26N2O5.Na/c1-20-26(29-28(35-20)23-10-6-3-7-11-23)19-33-24-14-12-21(13-15-24)18-34-30-25(16-17-27(31)32)22-8-4-2-5-9-22;/h2-15H,16-19H2,1H3,(H,31,32);/q;+1/p-1/b30-25+;. The van der Waals surface area contributed by atoms with Gasteiger partial charge in [0, 0.05) is 11.5 Å². The molecule has 0 bridgehead atoms. The van der Waals surface area contributed by atoms with Crippen molar-refractivity contribution >= 4 is 11.7 Å². The van der Waals surface area contributed by atoms with Crippen molar-refractivity contribution in [2.75, 3.05) is 0 Å². The van der Waals surface area contributed by atoms with Gasteiger partial charge in [0.25, 0.3) is 0 Å². The largest absolute Gasteiger partial charge is 1.00 e. The molecule has 0 spiro atoms. The van der Waals surface area contributed by atoms with Crippen molar-refractivity contribution < 1.29 is 53.4 Å². The van der Waals surface area contributed by atoms with Gasteiger partial charge >= 0.3 is 29.6 Å². The number of oxime groups is 1. The van der Waals surface area contributed by atoms with E-state index in [1.807, 2.05) is 91.9 Å². The third kappa shape index (κ3) is 7.81. The molecule has 4 rings (SSSR count). The van der Waals surface area contributed by atoms with E-state index in [9.17, 15) is 9.90 Å². The second-order valence-corrected chi connectivity index (χ2v) is 7.87. The van der Waals surface area contributed by atoms with Crippen molar-refractivity contribution in [3.05, 3.63) is 108 Å². The topological polar surface area (TPSA) is 97.0 Å². The number of aromatic nitrogens is 1. The van der Waals surface area contributed by atoms with Crippen LogP contribution in [0.25, 0.3) is 11.5 Å². The van der Waals surface area contributed by atoms with Crippen molar-refractivity contribution in [2.45, 2.75) is 33.0 Å². The third-order valence-corrected chi connectivity index (χ3v) is 5.29. The van der Waals surface area contributed by atoms with Gasteiger partial charge in [-0.3, -0.25) is 0 Å². The molecule has 1 aromatic heterocycles. The first-order valence-corrected chi connectivity index (χ1v) is 11.3. The van der Waals surface area contributed by atoms with E-state index < -0.39 is 5.97 Å². The third-order valence-electron chi connectivity index (χ3n) is 5.29. The SMILES string of the molecule is Cc1oc(-c2ccccc2)nc1COc1ccc(CO/N=C(\CCC(=O)[O-])c2ccccc2)cc1.[Na+].